The molecule has 0 radical (unpaired) electrons. The summed E-state index contributed by atoms with van der Waals surface area (Å²) in [5.74, 6) is -0.307. The summed E-state index contributed by atoms with van der Waals surface area (Å²) in [6.45, 7) is 8.00. The molecule has 1 saturated heterocycles. The molecule has 6 nitrogen and oxygen atoms in total. The molecule has 0 spiro atoms. The summed E-state index contributed by atoms with van der Waals surface area (Å²) in [7, 11) is 0. The Morgan fingerprint density at radius 3 is 2.55 bits per heavy atom. The highest BCUT2D eigenvalue weighted by Crippen LogP contribution is 2.29. The summed E-state index contributed by atoms with van der Waals surface area (Å²) < 4.78 is 17.8. The number of hydrogen-bond acceptors (Lipinski definition) is 6. The minimum absolute atomic E-state index is 0.146. The van der Waals surface area contributed by atoms with Gasteiger partial charge in [0.05, 0.1) is 17.7 Å². The van der Waals surface area contributed by atoms with E-state index in [1.807, 2.05) is 26.0 Å². The van der Waals surface area contributed by atoms with Crippen molar-refractivity contribution in [2.45, 2.75) is 20.4 Å². The van der Waals surface area contributed by atoms with E-state index < -0.39 is 11.6 Å². The normalized spacial score (nSPS) is 14.7. The molecule has 1 aliphatic rings. The first kappa shape index (κ1) is 22.2. The molecule has 1 aromatic heterocycles. The average molecular weight is 551 g/mol. The van der Waals surface area contributed by atoms with E-state index in [9.17, 15) is 9.59 Å². The Hall–Kier alpha value is -2.00. The lowest BCUT2D eigenvalue weighted by atomic mass is 10.0. The number of morpholine rings is 1. The van der Waals surface area contributed by atoms with Crippen molar-refractivity contribution in [3.05, 3.63) is 72.0 Å². The molecule has 3 aromatic rings. The summed E-state index contributed by atoms with van der Waals surface area (Å²) in [6, 6.07) is 8.92. The Morgan fingerprint density at radius 1 is 1.06 bits per heavy atom. The third-order valence-corrected chi connectivity index (χ3v) is 6.35. The molecule has 1 fully saturated rings. The van der Waals surface area contributed by atoms with Crippen LogP contribution in [0.25, 0.3) is 11.0 Å². The second kappa shape index (κ2) is 9.24. The molecule has 4 rings (SSSR count). The van der Waals surface area contributed by atoms with Gasteiger partial charge in [-0.2, -0.15) is 0 Å². The highest BCUT2D eigenvalue weighted by molar-refractivity contribution is 9.11. The third kappa shape index (κ3) is 4.92. The molecule has 0 saturated carbocycles. The van der Waals surface area contributed by atoms with Gasteiger partial charge in [0.2, 0.25) is 0 Å². The first-order valence-electron chi connectivity index (χ1n) is 9.87. The van der Waals surface area contributed by atoms with E-state index >= 15 is 0 Å². The Labute approximate surface area is 196 Å². The summed E-state index contributed by atoms with van der Waals surface area (Å²) in [5.41, 5.74) is 2.53. The molecule has 31 heavy (non-hydrogen) atoms. The number of carbonyl (C=O) groups excluding carboxylic acids is 1. The molecule has 1 aliphatic heterocycles. The molecule has 2 heterocycles. The van der Waals surface area contributed by atoms with Crippen LogP contribution in [0.5, 0.6) is 5.75 Å². The summed E-state index contributed by atoms with van der Waals surface area (Å²) in [5, 5.41) is 0.613. The number of rotatable bonds is 4. The SMILES string of the molecule is Cc1cc(OC(=O)c2cc3cc(Br)cc(Br)c3oc2=O)c(C)cc1CN1CCOCC1. The first-order chi connectivity index (χ1) is 14.8. The Balaban J connectivity index is 1.59. The van der Waals surface area contributed by atoms with E-state index in [0.717, 1.165) is 48.4 Å². The van der Waals surface area contributed by atoms with Gasteiger partial charge in [-0.3, -0.25) is 4.90 Å². The lowest BCUT2D eigenvalue weighted by molar-refractivity contribution is 0.0341. The van der Waals surface area contributed by atoms with Crippen LogP contribution in [-0.4, -0.2) is 37.2 Å². The first-order valence-corrected chi connectivity index (χ1v) is 11.5. The molecule has 0 bridgehead atoms. The zero-order chi connectivity index (χ0) is 22.1. The summed E-state index contributed by atoms with van der Waals surface area (Å²) in [4.78, 5) is 27.5. The number of halogens is 2. The van der Waals surface area contributed by atoms with Gasteiger partial charge in [0.25, 0.3) is 0 Å². The molecular formula is C23H21Br2NO5. The monoisotopic (exact) mass is 549 g/mol. The number of hydrogen-bond donors (Lipinski definition) is 0. The number of esters is 1. The Bertz CT molecular complexity index is 1210. The fourth-order valence-corrected chi connectivity index (χ4v) is 4.92. The predicted molar refractivity (Wildman–Crippen MR) is 125 cm³/mol. The third-order valence-electron chi connectivity index (χ3n) is 5.31. The molecule has 0 aliphatic carbocycles. The number of ether oxygens (including phenoxy) is 2. The van der Waals surface area contributed by atoms with Crippen molar-refractivity contribution in [3.8, 4) is 5.75 Å². The zero-order valence-corrected chi connectivity index (χ0v) is 20.3. The van der Waals surface area contributed by atoms with Crippen molar-refractivity contribution in [2.24, 2.45) is 0 Å². The maximum atomic E-state index is 12.8. The van der Waals surface area contributed by atoms with Crippen LogP contribution in [0.15, 0.2) is 48.5 Å². The smallest absolute Gasteiger partial charge is 0.351 e. The van der Waals surface area contributed by atoms with Crippen LogP contribution in [0, 0.1) is 13.8 Å². The summed E-state index contributed by atoms with van der Waals surface area (Å²) in [6.07, 6.45) is 0. The second-order valence-electron chi connectivity index (χ2n) is 7.58. The maximum Gasteiger partial charge on any atom is 0.351 e. The van der Waals surface area contributed by atoms with Gasteiger partial charge < -0.3 is 13.9 Å². The fraction of sp³-hybridized carbons (Fsp3) is 0.304. The van der Waals surface area contributed by atoms with Crippen molar-refractivity contribution in [2.75, 3.05) is 26.3 Å². The number of nitrogens with zero attached hydrogens (tertiary/aromatic N) is 1. The van der Waals surface area contributed by atoms with Crippen LogP contribution in [0.2, 0.25) is 0 Å². The van der Waals surface area contributed by atoms with E-state index in [-0.39, 0.29) is 5.56 Å². The van der Waals surface area contributed by atoms with Crippen molar-refractivity contribution in [1.29, 1.82) is 0 Å². The Morgan fingerprint density at radius 2 is 1.81 bits per heavy atom. The highest BCUT2D eigenvalue weighted by Gasteiger charge is 2.20. The van der Waals surface area contributed by atoms with E-state index in [1.165, 1.54) is 11.6 Å². The van der Waals surface area contributed by atoms with Gasteiger partial charge in [-0.15, -0.1) is 0 Å². The number of carbonyl (C=O) groups is 1. The quantitative estimate of drug-likeness (QED) is 0.259. The van der Waals surface area contributed by atoms with Crippen LogP contribution >= 0.6 is 31.9 Å². The van der Waals surface area contributed by atoms with E-state index in [0.29, 0.717) is 21.2 Å². The molecule has 0 unspecified atom stereocenters. The largest absolute Gasteiger partial charge is 0.422 e. The van der Waals surface area contributed by atoms with Crippen molar-refractivity contribution < 1.29 is 18.7 Å². The van der Waals surface area contributed by atoms with Gasteiger partial charge in [0.1, 0.15) is 11.3 Å². The molecule has 162 valence electrons. The van der Waals surface area contributed by atoms with Gasteiger partial charge in [-0.25, -0.2) is 9.59 Å². The second-order valence-corrected chi connectivity index (χ2v) is 9.35. The lowest BCUT2D eigenvalue weighted by Crippen LogP contribution is -2.35. The molecule has 0 N–H and O–H groups in total. The summed E-state index contributed by atoms with van der Waals surface area (Å²) >= 11 is 6.77. The highest BCUT2D eigenvalue weighted by atomic mass is 79.9. The van der Waals surface area contributed by atoms with Gasteiger partial charge >= 0.3 is 11.6 Å². The van der Waals surface area contributed by atoms with Crippen molar-refractivity contribution >= 4 is 48.8 Å². The van der Waals surface area contributed by atoms with Gasteiger partial charge in [-0.05, 0) is 70.7 Å². The van der Waals surface area contributed by atoms with Crippen LogP contribution in [0.3, 0.4) is 0 Å². The van der Waals surface area contributed by atoms with Crippen LogP contribution in [0.4, 0.5) is 0 Å². The van der Waals surface area contributed by atoms with Gasteiger partial charge in [-0.1, -0.05) is 22.0 Å². The minimum atomic E-state index is -0.741. The predicted octanol–water partition coefficient (Wildman–Crippen LogP) is 4.99. The molecular weight excluding hydrogens is 530 g/mol. The topological polar surface area (TPSA) is 69.0 Å². The van der Waals surface area contributed by atoms with Gasteiger partial charge in [0, 0.05) is 29.5 Å². The van der Waals surface area contributed by atoms with E-state index in [1.54, 1.807) is 12.1 Å². The van der Waals surface area contributed by atoms with Gasteiger partial charge in [0.15, 0.2) is 5.58 Å². The molecule has 2 aromatic carbocycles. The van der Waals surface area contributed by atoms with E-state index in [4.69, 9.17) is 13.9 Å². The van der Waals surface area contributed by atoms with E-state index in [2.05, 4.69) is 36.8 Å². The molecule has 0 atom stereocenters. The minimum Gasteiger partial charge on any atom is -0.422 e. The van der Waals surface area contributed by atoms with Crippen LogP contribution in [-0.2, 0) is 11.3 Å². The zero-order valence-electron chi connectivity index (χ0n) is 17.2. The fourth-order valence-electron chi connectivity index (χ4n) is 3.58. The van der Waals surface area contributed by atoms with Crippen LogP contribution in [0.1, 0.15) is 27.0 Å². The molecule has 8 heteroatoms. The standard InChI is InChI=1S/C23H21Br2NO5/c1-13-8-20(14(2)7-16(13)12-26-3-5-29-6-4-26)30-22(27)18-10-15-9-17(24)11-19(25)21(15)31-23(18)28/h7-11H,3-6,12H2,1-2H3. The lowest BCUT2D eigenvalue weighted by Gasteiger charge is -2.27. The number of aryl methyl sites for hydroxylation is 2. The Kier molecular flexibility index (Phi) is 6.62. The number of benzene rings is 2. The average Bonchev–Trinajstić information content (AvgIpc) is 2.72. The van der Waals surface area contributed by atoms with Crippen LogP contribution < -0.4 is 10.4 Å². The molecule has 0 amide bonds. The number of fused-ring (bicyclic) bond motifs is 1. The van der Waals surface area contributed by atoms with Crippen molar-refractivity contribution in [1.82, 2.24) is 4.90 Å². The van der Waals surface area contributed by atoms with Crippen molar-refractivity contribution in [3.63, 3.8) is 0 Å². The maximum absolute atomic E-state index is 12.8.